The lowest BCUT2D eigenvalue weighted by Crippen LogP contribution is -1.93. The summed E-state index contributed by atoms with van der Waals surface area (Å²) in [4.78, 5) is 13.9. The lowest BCUT2D eigenvalue weighted by molar-refractivity contribution is 0.104. The molecule has 0 saturated heterocycles. The zero-order valence-corrected chi connectivity index (χ0v) is 14.6. The van der Waals surface area contributed by atoms with Crippen LogP contribution in [0.15, 0.2) is 50.7 Å². The third-order valence-electron chi connectivity index (χ3n) is 2.92. The first-order valence-electron chi connectivity index (χ1n) is 5.77. The average Bonchev–Trinajstić information content (AvgIpc) is 2.73. The third kappa shape index (κ3) is 2.54. The van der Waals surface area contributed by atoms with Crippen LogP contribution in [0.5, 0.6) is 5.75 Å². The molecule has 100 valence electrons. The summed E-state index contributed by atoms with van der Waals surface area (Å²) in [5, 5.41) is 10.1. The van der Waals surface area contributed by atoms with Gasteiger partial charge >= 0.3 is 0 Å². The molecule has 0 fully saturated rings. The van der Waals surface area contributed by atoms with Crippen molar-refractivity contribution in [1.29, 1.82) is 0 Å². The summed E-state index contributed by atoms with van der Waals surface area (Å²) in [5.74, 6) is 0.214. The first kappa shape index (κ1) is 14.2. The molecule has 2 aromatic rings. The number of carbonyl (C=O) groups is 1. The first-order chi connectivity index (χ1) is 9.56. The topological polar surface area (TPSA) is 37.3 Å². The van der Waals surface area contributed by atoms with Crippen molar-refractivity contribution in [3.63, 3.8) is 0 Å². The quantitative estimate of drug-likeness (QED) is 0.477. The number of allylic oxidation sites excluding steroid dienone is 1. The summed E-state index contributed by atoms with van der Waals surface area (Å²) in [6.07, 6.45) is 1.75. The number of rotatable bonds is 1. The number of phenols is 1. The Balaban J connectivity index is 2.06. The van der Waals surface area contributed by atoms with Gasteiger partial charge in [-0.15, -0.1) is 0 Å². The minimum absolute atomic E-state index is 0.0139. The molecule has 20 heavy (non-hydrogen) atoms. The number of Topliss-reactive ketones (excluding diaryl/α,β-unsaturated/α-hetero) is 1. The van der Waals surface area contributed by atoms with Gasteiger partial charge in [-0.25, -0.2) is 0 Å². The predicted molar refractivity (Wildman–Crippen MR) is 93.1 cm³/mol. The highest BCUT2D eigenvalue weighted by molar-refractivity contribution is 14.1. The molecule has 0 radical (unpaired) electrons. The number of benzene rings is 2. The monoisotopic (exact) mass is 458 g/mol. The van der Waals surface area contributed by atoms with Crippen molar-refractivity contribution in [2.45, 2.75) is 4.90 Å². The van der Waals surface area contributed by atoms with Crippen LogP contribution in [0.4, 0.5) is 0 Å². The van der Waals surface area contributed by atoms with Crippen LogP contribution in [0, 0.1) is 3.57 Å². The molecule has 0 bridgehead atoms. The fourth-order valence-electron chi connectivity index (χ4n) is 1.97. The van der Waals surface area contributed by atoms with Crippen LogP contribution >= 0.6 is 50.3 Å². The summed E-state index contributed by atoms with van der Waals surface area (Å²) < 4.78 is 1.62. The van der Waals surface area contributed by atoms with Crippen LogP contribution in [0.2, 0.25) is 0 Å². The maximum Gasteiger partial charge on any atom is 0.200 e. The van der Waals surface area contributed by atoms with Crippen LogP contribution in [0.1, 0.15) is 15.9 Å². The molecule has 1 aliphatic heterocycles. The number of hydrogen-bond donors (Lipinski definition) is 1. The molecule has 0 aromatic heterocycles. The zero-order chi connectivity index (χ0) is 14.3. The number of carbonyl (C=O) groups excluding carboxylic acids is 1. The van der Waals surface area contributed by atoms with Crippen LogP contribution in [-0.4, -0.2) is 10.9 Å². The van der Waals surface area contributed by atoms with Gasteiger partial charge in [-0.3, -0.25) is 4.79 Å². The lowest BCUT2D eigenvalue weighted by atomic mass is 10.1. The van der Waals surface area contributed by atoms with E-state index in [4.69, 9.17) is 0 Å². The zero-order valence-electron chi connectivity index (χ0n) is 10.1. The minimum atomic E-state index is 0.0139. The molecule has 2 nitrogen and oxygen atoms in total. The fraction of sp³-hybridized carbons (Fsp3) is 0. The number of fused-ring (bicyclic) bond motifs is 1. The molecule has 1 aliphatic rings. The number of hydrogen-bond acceptors (Lipinski definition) is 3. The van der Waals surface area contributed by atoms with Crippen LogP contribution in [-0.2, 0) is 0 Å². The standard InChI is InChI=1S/C15H8BrIO2S/c16-9-5-8(14(18)11(17)7-9)6-13-15(19)10-3-1-2-4-12(10)20-13/h1-7,18H/b13-6+. The average molecular weight is 459 g/mol. The highest BCUT2D eigenvalue weighted by Crippen LogP contribution is 2.42. The van der Waals surface area contributed by atoms with E-state index in [0.29, 0.717) is 10.5 Å². The molecule has 3 rings (SSSR count). The molecular formula is C15H8BrIO2S. The molecule has 2 aromatic carbocycles. The Labute approximate surface area is 142 Å². The third-order valence-corrected chi connectivity index (χ3v) is 5.30. The Hall–Kier alpha value is -0.790. The van der Waals surface area contributed by atoms with Crippen molar-refractivity contribution >= 4 is 62.1 Å². The van der Waals surface area contributed by atoms with Gasteiger partial charge < -0.3 is 5.11 Å². The summed E-state index contributed by atoms with van der Waals surface area (Å²) >= 11 is 6.91. The Morgan fingerprint density at radius 3 is 2.75 bits per heavy atom. The lowest BCUT2D eigenvalue weighted by Gasteiger charge is -2.04. The van der Waals surface area contributed by atoms with Gasteiger partial charge in [0.05, 0.1) is 8.48 Å². The van der Waals surface area contributed by atoms with Crippen molar-refractivity contribution in [3.8, 4) is 5.75 Å². The van der Waals surface area contributed by atoms with Crippen molar-refractivity contribution in [2.24, 2.45) is 0 Å². The summed E-state index contributed by atoms with van der Waals surface area (Å²) in [6, 6.07) is 11.2. The first-order valence-corrected chi connectivity index (χ1v) is 8.46. The summed E-state index contributed by atoms with van der Waals surface area (Å²) in [6.45, 7) is 0. The number of phenolic OH excluding ortho intramolecular Hbond substituents is 1. The molecule has 0 amide bonds. The van der Waals surface area contributed by atoms with Gasteiger partial charge in [-0.1, -0.05) is 39.8 Å². The molecule has 0 spiro atoms. The molecule has 1 heterocycles. The highest BCUT2D eigenvalue weighted by atomic mass is 127. The molecule has 0 saturated carbocycles. The molecule has 0 aliphatic carbocycles. The smallest absolute Gasteiger partial charge is 0.200 e. The van der Waals surface area contributed by atoms with E-state index >= 15 is 0 Å². The molecule has 1 N–H and O–H groups in total. The second kappa shape index (κ2) is 5.54. The molecule has 0 unspecified atom stereocenters. The molecular weight excluding hydrogens is 451 g/mol. The van der Waals surface area contributed by atoms with E-state index in [1.54, 1.807) is 12.1 Å². The number of thioether (sulfide) groups is 1. The van der Waals surface area contributed by atoms with Crippen molar-refractivity contribution < 1.29 is 9.90 Å². The fourth-order valence-corrected chi connectivity index (χ4v) is 4.57. The normalized spacial score (nSPS) is 15.7. The Bertz CT molecular complexity index is 756. The highest BCUT2D eigenvalue weighted by Gasteiger charge is 2.25. The maximum atomic E-state index is 12.3. The molecule has 0 atom stereocenters. The number of halogens is 2. The van der Waals surface area contributed by atoms with Gasteiger partial charge in [0, 0.05) is 20.5 Å². The largest absolute Gasteiger partial charge is 0.506 e. The number of ketones is 1. The maximum absolute atomic E-state index is 12.3. The second-order valence-electron chi connectivity index (χ2n) is 4.26. The van der Waals surface area contributed by atoms with E-state index < -0.39 is 0 Å². The number of aromatic hydroxyl groups is 1. The van der Waals surface area contributed by atoms with E-state index in [0.717, 1.165) is 18.5 Å². The van der Waals surface area contributed by atoms with E-state index in [9.17, 15) is 9.90 Å². The van der Waals surface area contributed by atoms with Gasteiger partial charge in [0.1, 0.15) is 5.75 Å². The van der Waals surface area contributed by atoms with Crippen molar-refractivity contribution in [1.82, 2.24) is 0 Å². The van der Waals surface area contributed by atoms with Gasteiger partial charge in [0.15, 0.2) is 0 Å². The van der Waals surface area contributed by atoms with Gasteiger partial charge in [0.25, 0.3) is 0 Å². The van der Waals surface area contributed by atoms with Crippen molar-refractivity contribution in [2.75, 3.05) is 0 Å². The molecule has 5 heteroatoms. The predicted octanol–water partition coefficient (Wildman–Crippen LogP) is 5.09. The van der Waals surface area contributed by atoms with Crippen LogP contribution < -0.4 is 0 Å². The van der Waals surface area contributed by atoms with Crippen LogP contribution in [0.25, 0.3) is 6.08 Å². The van der Waals surface area contributed by atoms with Gasteiger partial charge in [-0.2, -0.15) is 0 Å². The van der Waals surface area contributed by atoms with Crippen LogP contribution in [0.3, 0.4) is 0 Å². The minimum Gasteiger partial charge on any atom is -0.506 e. The van der Waals surface area contributed by atoms with Crippen molar-refractivity contribution in [3.05, 3.63) is 60.5 Å². The van der Waals surface area contributed by atoms with Gasteiger partial charge in [0.2, 0.25) is 5.78 Å². The Morgan fingerprint density at radius 2 is 2.00 bits per heavy atom. The van der Waals surface area contributed by atoms with E-state index in [2.05, 4.69) is 38.5 Å². The Kier molecular flexibility index (Phi) is 3.92. The van der Waals surface area contributed by atoms with E-state index in [-0.39, 0.29) is 11.5 Å². The van der Waals surface area contributed by atoms with E-state index in [1.165, 1.54) is 11.8 Å². The second-order valence-corrected chi connectivity index (χ2v) is 7.42. The SMILES string of the molecule is O=C1/C(=C\c2cc(Br)cc(I)c2O)Sc2ccccc21. The van der Waals surface area contributed by atoms with E-state index in [1.807, 2.05) is 30.3 Å². The summed E-state index contributed by atoms with van der Waals surface area (Å²) in [5.41, 5.74) is 1.38. The summed E-state index contributed by atoms with van der Waals surface area (Å²) in [7, 11) is 0. The Morgan fingerprint density at radius 1 is 1.25 bits per heavy atom. The van der Waals surface area contributed by atoms with Gasteiger partial charge in [-0.05, 0) is 52.9 Å².